The summed E-state index contributed by atoms with van der Waals surface area (Å²) in [6.45, 7) is 3.39. The van der Waals surface area contributed by atoms with Crippen LogP contribution >= 0.6 is 0 Å². The lowest BCUT2D eigenvalue weighted by Gasteiger charge is -2.21. The van der Waals surface area contributed by atoms with Crippen LogP contribution < -0.4 is 14.2 Å². The van der Waals surface area contributed by atoms with E-state index in [1.807, 2.05) is 18.2 Å². The summed E-state index contributed by atoms with van der Waals surface area (Å²) >= 11 is 0. The summed E-state index contributed by atoms with van der Waals surface area (Å²) in [7, 11) is 0. The maximum Gasteiger partial charge on any atom is 0.314 e. The summed E-state index contributed by atoms with van der Waals surface area (Å²) in [5, 5.41) is 0. The van der Waals surface area contributed by atoms with E-state index in [1.165, 1.54) is 0 Å². The molecule has 0 saturated carbocycles. The Morgan fingerprint density at radius 1 is 0.529 bits per heavy atom. The van der Waals surface area contributed by atoms with Gasteiger partial charge in [-0.2, -0.15) is 0 Å². The molecule has 2 atom stereocenters. The predicted molar refractivity (Wildman–Crippen MR) is 127 cm³/mol. The Bertz CT molecular complexity index is 1000. The number of para-hydroxylation sites is 3. The highest BCUT2D eigenvalue weighted by atomic mass is 16.5. The highest BCUT2D eigenvalue weighted by Crippen LogP contribution is 2.26. The number of carbonyl (C=O) groups excluding carboxylic acids is 3. The lowest BCUT2D eigenvalue weighted by molar-refractivity contribution is -0.144. The SMILES string of the molecule is CC(CC(CC(C)C(=O)Oc1ccccc1)C(=O)Oc1ccccc1)C(=O)Oc1ccccc1. The third-order valence-electron chi connectivity index (χ3n) is 5.30. The molecule has 0 aromatic heterocycles. The van der Waals surface area contributed by atoms with Gasteiger partial charge in [-0.05, 0) is 49.2 Å². The Balaban J connectivity index is 1.68. The van der Waals surface area contributed by atoms with Gasteiger partial charge >= 0.3 is 17.9 Å². The average molecular weight is 461 g/mol. The summed E-state index contributed by atoms with van der Waals surface area (Å²) in [5.41, 5.74) is 0. The van der Waals surface area contributed by atoms with E-state index in [0.717, 1.165) is 0 Å². The molecule has 0 N–H and O–H groups in total. The molecule has 6 nitrogen and oxygen atoms in total. The van der Waals surface area contributed by atoms with Crippen LogP contribution in [0.15, 0.2) is 91.0 Å². The van der Waals surface area contributed by atoms with Crippen LogP contribution in [-0.4, -0.2) is 17.9 Å². The first-order chi connectivity index (χ1) is 16.4. The molecule has 0 amide bonds. The van der Waals surface area contributed by atoms with Gasteiger partial charge in [-0.25, -0.2) is 0 Å². The molecule has 3 rings (SSSR count). The quantitative estimate of drug-likeness (QED) is 0.295. The first-order valence-electron chi connectivity index (χ1n) is 11.2. The van der Waals surface area contributed by atoms with E-state index in [4.69, 9.17) is 14.2 Å². The summed E-state index contributed by atoms with van der Waals surface area (Å²) in [4.78, 5) is 38.3. The molecule has 176 valence electrons. The second kappa shape index (κ2) is 12.3. The minimum Gasteiger partial charge on any atom is -0.426 e. The zero-order valence-electron chi connectivity index (χ0n) is 19.3. The molecular formula is C28H28O6. The largest absolute Gasteiger partial charge is 0.426 e. The number of ether oxygens (including phenoxy) is 3. The van der Waals surface area contributed by atoms with Gasteiger partial charge in [-0.3, -0.25) is 14.4 Å². The molecule has 0 bridgehead atoms. The molecule has 0 aliphatic heterocycles. The van der Waals surface area contributed by atoms with Crippen LogP contribution in [0.2, 0.25) is 0 Å². The van der Waals surface area contributed by atoms with Crippen LogP contribution in [0.3, 0.4) is 0 Å². The van der Waals surface area contributed by atoms with Crippen molar-refractivity contribution < 1.29 is 28.6 Å². The maximum absolute atomic E-state index is 13.0. The van der Waals surface area contributed by atoms with E-state index < -0.39 is 35.7 Å². The lowest BCUT2D eigenvalue weighted by Crippen LogP contribution is -2.30. The number of esters is 3. The number of benzene rings is 3. The highest BCUT2D eigenvalue weighted by Gasteiger charge is 2.31. The Morgan fingerprint density at radius 2 is 0.824 bits per heavy atom. The molecule has 0 heterocycles. The molecule has 0 saturated heterocycles. The van der Waals surface area contributed by atoms with Crippen molar-refractivity contribution in [3.63, 3.8) is 0 Å². The van der Waals surface area contributed by atoms with E-state index >= 15 is 0 Å². The first-order valence-corrected chi connectivity index (χ1v) is 11.2. The first kappa shape index (κ1) is 24.7. The Morgan fingerprint density at radius 3 is 1.15 bits per heavy atom. The molecule has 34 heavy (non-hydrogen) atoms. The Labute approximate surface area is 199 Å². The van der Waals surface area contributed by atoms with Crippen LogP contribution in [-0.2, 0) is 14.4 Å². The van der Waals surface area contributed by atoms with Crippen molar-refractivity contribution in [1.29, 1.82) is 0 Å². The standard InChI is InChI=1S/C28H28O6/c1-20(26(29)32-23-12-6-3-7-13-23)18-22(28(31)34-25-16-10-5-11-17-25)19-21(2)27(30)33-24-14-8-4-9-15-24/h3-17,20-22H,18-19H2,1-2H3. The number of hydrogen-bond donors (Lipinski definition) is 0. The zero-order valence-corrected chi connectivity index (χ0v) is 19.3. The fraction of sp³-hybridized carbons (Fsp3) is 0.250. The van der Waals surface area contributed by atoms with Crippen molar-refractivity contribution >= 4 is 17.9 Å². The van der Waals surface area contributed by atoms with E-state index in [9.17, 15) is 14.4 Å². The van der Waals surface area contributed by atoms with Crippen LogP contribution in [0.25, 0.3) is 0 Å². The van der Waals surface area contributed by atoms with E-state index in [1.54, 1.807) is 86.6 Å². The second-order valence-electron chi connectivity index (χ2n) is 8.17. The summed E-state index contributed by atoms with van der Waals surface area (Å²) in [6.07, 6.45) is 0.334. The molecule has 0 radical (unpaired) electrons. The fourth-order valence-electron chi connectivity index (χ4n) is 3.43. The highest BCUT2D eigenvalue weighted by molar-refractivity contribution is 5.80. The zero-order chi connectivity index (χ0) is 24.3. The monoisotopic (exact) mass is 460 g/mol. The second-order valence-corrected chi connectivity index (χ2v) is 8.17. The molecule has 0 spiro atoms. The van der Waals surface area contributed by atoms with Gasteiger partial charge in [-0.15, -0.1) is 0 Å². The topological polar surface area (TPSA) is 78.9 Å². The smallest absolute Gasteiger partial charge is 0.314 e. The lowest BCUT2D eigenvalue weighted by atomic mass is 9.88. The molecular weight excluding hydrogens is 432 g/mol. The minimum absolute atomic E-state index is 0.167. The molecule has 3 aromatic rings. The van der Waals surface area contributed by atoms with Gasteiger partial charge in [0.05, 0.1) is 17.8 Å². The van der Waals surface area contributed by atoms with Crippen molar-refractivity contribution in [3.8, 4) is 17.2 Å². The van der Waals surface area contributed by atoms with Gasteiger partial charge < -0.3 is 14.2 Å². The molecule has 3 aromatic carbocycles. The number of hydrogen-bond acceptors (Lipinski definition) is 6. The third-order valence-corrected chi connectivity index (χ3v) is 5.30. The van der Waals surface area contributed by atoms with Gasteiger partial charge in [0.15, 0.2) is 0 Å². The normalized spacial score (nSPS) is 13.2. The van der Waals surface area contributed by atoms with E-state index in [0.29, 0.717) is 17.2 Å². The fourth-order valence-corrected chi connectivity index (χ4v) is 3.43. The Hall–Kier alpha value is -3.93. The van der Waals surface area contributed by atoms with E-state index in [2.05, 4.69) is 0 Å². The van der Waals surface area contributed by atoms with Crippen molar-refractivity contribution in [3.05, 3.63) is 91.0 Å². The van der Waals surface area contributed by atoms with Gasteiger partial charge in [0.2, 0.25) is 0 Å². The average Bonchev–Trinajstić information content (AvgIpc) is 2.85. The molecule has 0 aliphatic rings. The van der Waals surface area contributed by atoms with Crippen molar-refractivity contribution in [1.82, 2.24) is 0 Å². The predicted octanol–water partition coefficient (Wildman–Crippen LogP) is 5.47. The summed E-state index contributed by atoms with van der Waals surface area (Å²) in [5.74, 6) is -2.05. The molecule has 0 aliphatic carbocycles. The molecule has 0 fully saturated rings. The van der Waals surface area contributed by atoms with Crippen molar-refractivity contribution in [2.24, 2.45) is 17.8 Å². The van der Waals surface area contributed by atoms with Crippen LogP contribution in [0.5, 0.6) is 17.2 Å². The van der Waals surface area contributed by atoms with Crippen molar-refractivity contribution in [2.75, 3.05) is 0 Å². The number of rotatable bonds is 10. The molecule has 6 heteroatoms. The van der Waals surface area contributed by atoms with Gasteiger partial charge in [0, 0.05) is 0 Å². The maximum atomic E-state index is 13.0. The van der Waals surface area contributed by atoms with E-state index in [-0.39, 0.29) is 12.8 Å². The Kier molecular flexibility index (Phi) is 8.97. The van der Waals surface area contributed by atoms with Crippen LogP contribution in [0.4, 0.5) is 0 Å². The van der Waals surface area contributed by atoms with Crippen molar-refractivity contribution in [2.45, 2.75) is 26.7 Å². The van der Waals surface area contributed by atoms with Gasteiger partial charge in [0.25, 0.3) is 0 Å². The van der Waals surface area contributed by atoms with Gasteiger partial charge in [-0.1, -0.05) is 68.4 Å². The third kappa shape index (κ3) is 7.59. The van der Waals surface area contributed by atoms with Crippen LogP contribution in [0, 0.1) is 17.8 Å². The summed E-state index contributed by atoms with van der Waals surface area (Å²) < 4.78 is 16.4. The van der Waals surface area contributed by atoms with Gasteiger partial charge in [0.1, 0.15) is 17.2 Å². The van der Waals surface area contributed by atoms with Crippen LogP contribution in [0.1, 0.15) is 26.7 Å². The number of carbonyl (C=O) groups is 3. The molecule has 2 unspecified atom stereocenters. The summed E-state index contributed by atoms with van der Waals surface area (Å²) in [6, 6.07) is 26.2. The minimum atomic E-state index is -0.711.